The second-order valence-corrected chi connectivity index (χ2v) is 6.60. The summed E-state index contributed by atoms with van der Waals surface area (Å²) >= 11 is 0. The highest BCUT2D eigenvalue weighted by Gasteiger charge is 2.38. The molecule has 0 aromatic carbocycles. The van der Waals surface area contributed by atoms with E-state index >= 15 is 0 Å². The van der Waals surface area contributed by atoms with Crippen LogP contribution in [0.3, 0.4) is 0 Å². The Bertz CT molecular complexity index is 243. The van der Waals surface area contributed by atoms with Gasteiger partial charge in [-0.25, -0.2) is 0 Å². The van der Waals surface area contributed by atoms with Crippen molar-refractivity contribution >= 4 is 0 Å². The fourth-order valence-electron chi connectivity index (χ4n) is 3.94. The molecule has 0 radical (unpaired) electrons. The maximum atomic E-state index is 3.49. The molecular weight excluding hydrogens is 208 g/mol. The molecule has 1 aliphatic heterocycles. The van der Waals surface area contributed by atoms with Gasteiger partial charge in [-0.3, -0.25) is 4.90 Å². The Balaban J connectivity index is 1.59. The minimum atomic E-state index is 0.928. The third kappa shape index (κ3) is 2.85. The van der Waals surface area contributed by atoms with E-state index in [9.17, 15) is 0 Å². The van der Waals surface area contributed by atoms with Crippen LogP contribution in [0.25, 0.3) is 0 Å². The lowest BCUT2D eigenvalue weighted by atomic mass is 9.95. The van der Waals surface area contributed by atoms with Gasteiger partial charge in [0.05, 0.1) is 0 Å². The number of nitrogens with zero attached hydrogens (tertiary/aromatic N) is 1. The maximum absolute atomic E-state index is 3.49. The van der Waals surface area contributed by atoms with Gasteiger partial charge in [0.25, 0.3) is 0 Å². The zero-order valence-electron chi connectivity index (χ0n) is 11.3. The third-order valence-corrected chi connectivity index (χ3v) is 5.19. The van der Waals surface area contributed by atoms with Crippen molar-refractivity contribution in [2.24, 2.45) is 11.8 Å². The summed E-state index contributed by atoms with van der Waals surface area (Å²) in [5.74, 6) is 1.93. The van der Waals surface area contributed by atoms with Gasteiger partial charge in [0.1, 0.15) is 0 Å². The van der Waals surface area contributed by atoms with Crippen LogP contribution in [0.2, 0.25) is 0 Å². The molecular formula is C15H28N2. The van der Waals surface area contributed by atoms with E-state index in [4.69, 9.17) is 0 Å². The third-order valence-electron chi connectivity index (χ3n) is 5.19. The van der Waals surface area contributed by atoms with E-state index in [2.05, 4.69) is 17.1 Å². The first kappa shape index (κ1) is 12.0. The molecule has 2 atom stereocenters. The van der Waals surface area contributed by atoms with Crippen LogP contribution in [-0.4, -0.2) is 36.6 Å². The summed E-state index contributed by atoms with van der Waals surface area (Å²) in [6.07, 6.45) is 10.2. The molecule has 0 aromatic heterocycles. The zero-order chi connectivity index (χ0) is 11.7. The predicted molar refractivity (Wildman–Crippen MR) is 72.1 cm³/mol. The van der Waals surface area contributed by atoms with Crippen molar-refractivity contribution in [3.63, 3.8) is 0 Å². The van der Waals surface area contributed by atoms with Crippen LogP contribution < -0.4 is 5.32 Å². The molecule has 0 bridgehead atoms. The van der Waals surface area contributed by atoms with E-state index in [-0.39, 0.29) is 0 Å². The van der Waals surface area contributed by atoms with Gasteiger partial charge in [0.15, 0.2) is 0 Å². The minimum absolute atomic E-state index is 0.928. The smallest absolute Gasteiger partial charge is 0.0124 e. The summed E-state index contributed by atoms with van der Waals surface area (Å²) < 4.78 is 0. The summed E-state index contributed by atoms with van der Waals surface area (Å²) in [5.41, 5.74) is 0. The molecule has 1 saturated heterocycles. The summed E-state index contributed by atoms with van der Waals surface area (Å²) in [6, 6.07) is 1.90. The molecule has 2 nitrogen and oxygen atoms in total. The molecule has 3 rings (SSSR count). The number of rotatable bonds is 4. The summed E-state index contributed by atoms with van der Waals surface area (Å²) in [4.78, 5) is 2.92. The lowest BCUT2D eigenvalue weighted by Gasteiger charge is -2.36. The monoisotopic (exact) mass is 236 g/mol. The van der Waals surface area contributed by atoms with E-state index in [1.54, 1.807) is 0 Å². The fraction of sp³-hybridized carbons (Fsp3) is 1.00. The molecule has 17 heavy (non-hydrogen) atoms. The fourth-order valence-corrected chi connectivity index (χ4v) is 3.94. The zero-order valence-corrected chi connectivity index (χ0v) is 11.3. The van der Waals surface area contributed by atoms with E-state index in [1.165, 1.54) is 64.6 Å². The van der Waals surface area contributed by atoms with Gasteiger partial charge >= 0.3 is 0 Å². The van der Waals surface area contributed by atoms with Crippen molar-refractivity contribution in [3.8, 4) is 0 Å². The first-order valence-electron chi connectivity index (χ1n) is 7.81. The maximum Gasteiger partial charge on any atom is 0.0124 e. The Labute approximate surface area is 106 Å². The predicted octanol–water partition coefficient (Wildman–Crippen LogP) is 2.64. The van der Waals surface area contributed by atoms with E-state index < -0.39 is 0 Å². The molecule has 2 unspecified atom stereocenters. The standard InChI is InChI=1S/C15H28N2/c1-12-3-2-4-15(12)17(14-5-6-14)11-13-7-9-16-10-8-13/h12-16H,2-11H2,1H3. The van der Waals surface area contributed by atoms with Gasteiger partial charge in [0.2, 0.25) is 0 Å². The van der Waals surface area contributed by atoms with Crippen molar-refractivity contribution < 1.29 is 0 Å². The van der Waals surface area contributed by atoms with Gasteiger partial charge in [-0.05, 0) is 63.5 Å². The second-order valence-electron chi connectivity index (χ2n) is 6.60. The minimum Gasteiger partial charge on any atom is -0.317 e. The molecule has 0 aromatic rings. The van der Waals surface area contributed by atoms with Gasteiger partial charge in [-0.1, -0.05) is 13.3 Å². The Morgan fingerprint density at radius 1 is 1.00 bits per heavy atom. The van der Waals surface area contributed by atoms with Gasteiger partial charge in [0, 0.05) is 18.6 Å². The van der Waals surface area contributed by atoms with Crippen LogP contribution in [-0.2, 0) is 0 Å². The second kappa shape index (κ2) is 5.27. The van der Waals surface area contributed by atoms with Crippen LogP contribution in [0.4, 0.5) is 0 Å². The Hall–Kier alpha value is -0.0800. The SMILES string of the molecule is CC1CCCC1N(CC1CCNCC1)C1CC1. The van der Waals surface area contributed by atoms with Crippen molar-refractivity contribution in [2.75, 3.05) is 19.6 Å². The topological polar surface area (TPSA) is 15.3 Å². The molecule has 2 aliphatic carbocycles. The Morgan fingerprint density at radius 2 is 1.76 bits per heavy atom. The van der Waals surface area contributed by atoms with Crippen molar-refractivity contribution in [1.82, 2.24) is 10.2 Å². The highest BCUT2D eigenvalue weighted by atomic mass is 15.2. The molecule has 1 heterocycles. The number of hydrogen-bond donors (Lipinski definition) is 1. The van der Waals surface area contributed by atoms with Crippen LogP contribution in [0.15, 0.2) is 0 Å². The van der Waals surface area contributed by atoms with E-state index in [0.29, 0.717) is 0 Å². The molecule has 3 aliphatic rings. The van der Waals surface area contributed by atoms with Gasteiger partial charge in [-0.2, -0.15) is 0 Å². The largest absolute Gasteiger partial charge is 0.317 e. The van der Waals surface area contributed by atoms with Gasteiger partial charge < -0.3 is 5.32 Å². The normalized spacial score (nSPS) is 35.6. The molecule has 1 N–H and O–H groups in total. The number of hydrogen-bond acceptors (Lipinski definition) is 2. The molecule has 0 spiro atoms. The quantitative estimate of drug-likeness (QED) is 0.807. The summed E-state index contributed by atoms with van der Waals surface area (Å²) in [5, 5.41) is 3.49. The Morgan fingerprint density at radius 3 is 2.35 bits per heavy atom. The Kier molecular flexibility index (Phi) is 3.72. The first-order valence-corrected chi connectivity index (χ1v) is 7.81. The lowest BCUT2D eigenvalue weighted by molar-refractivity contribution is 0.121. The average molecular weight is 236 g/mol. The van der Waals surface area contributed by atoms with Crippen LogP contribution in [0.1, 0.15) is 51.9 Å². The molecule has 2 heteroatoms. The molecule has 3 fully saturated rings. The van der Waals surface area contributed by atoms with Gasteiger partial charge in [-0.15, -0.1) is 0 Å². The number of piperidine rings is 1. The number of nitrogens with one attached hydrogen (secondary N) is 1. The highest BCUT2D eigenvalue weighted by Crippen LogP contribution is 2.38. The average Bonchev–Trinajstić information content (AvgIpc) is 3.11. The lowest BCUT2D eigenvalue weighted by Crippen LogP contribution is -2.44. The van der Waals surface area contributed by atoms with Crippen molar-refractivity contribution in [2.45, 2.75) is 64.0 Å². The van der Waals surface area contributed by atoms with Crippen LogP contribution >= 0.6 is 0 Å². The van der Waals surface area contributed by atoms with E-state index in [0.717, 1.165) is 23.9 Å². The summed E-state index contributed by atoms with van der Waals surface area (Å²) in [6.45, 7) is 6.39. The summed E-state index contributed by atoms with van der Waals surface area (Å²) in [7, 11) is 0. The van der Waals surface area contributed by atoms with Crippen LogP contribution in [0.5, 0.6) is 0 Å². The molecule has 98 valence electrons. The van der Waals surface area contributed by atoms with Crippen molar-refractivity contribution in [1.29, 1.82) is 0 Å². The van der Waals surface area contributed by atoms with E-state index in [1.807, 2.05) is 0 Å². The molecule has 2 saturated carbocycles. The molecule has 0 amide bonds. The first-order chi connectivity index (χ1) is 8.34. The van der Waals surface area contributed by atoms with Crippen LogP contribution in [0, 0.1) is 11.8 Å². The highest BCUT2D eigenvalue weighted by molar-refractivity contribution is 4.94. The van der Waals surface area contributed by atoms with Crippen molar-refractivity contribution in [3.05, 3.63) is 0 Å².